The molecule has 0 saturated carbocycles. The summed E-state index contributed by atoms with van der Waals surface area (Å²) in [4.78, 5) is 16.5. The van der Waals surface area contributed by atoms with E-state index in [2.05, 4.69) is 26.2 Å². The Morgan fingerprint density at radius 1 is 1.55 bits per heavy atom. The molecule has 1 aromatic heterocycles. The highest BCUT2D eigenvalue weighted by atomic mass is 79.9. The zero-order chi connectivity index (χ0) is 14.9. The lowest BCUT2D eigenvalue weighted by Crippen LogP contribution is -2.57. The predicted molar refractivity (Wildman–Crippen MR) is 70.1 cm³/mol. The molecule has 1 aliphatic rings. The number of amides is 1. The van der Waals surface area contributed by atoms with Gasteiger partial charge in [-0.15, -0.1) is 0 Å². The monoisotopic (exact) mass is 352 g/mol. The number of carbonyl (C=O) groups excluding carboxylic acids is 1. The first-order valence-corrected chi connectivity index (χ1v) is 6.59. The van der Waals surface area contributed by atoms with Gasteiger partial charge in [-0.05, 0) is 22.0 Å². The molecular formula is C11H12BrF3N4O. The van der Waals surface area contributed by atoms with Gasteiger partial charge in [-0.1, -0.05) is 0 Å². The molecule has 0 bridgehead atoms. The van der Waals surface area contributed by atoms with Crippen LogP contribution in [0.25, 0.3) is 0 Å². The summed E-state index contributed by atoms with van der Waals surface area (Å²) in [7, 11) is 0. The standard InChI is InChI=1S/C11H12BrF3N4O/c12-6-3-7(11(13,14)15)10(18-4-6)19-2-1-17-5-8(19)9(16)20/h3-4,8,17H,1-2,5H2,(H2,16,20). The Balaban J connectivity index is 2.47. The Labute approximate surface area is 121 Å². The van der Waals surface area contributed by atoms with E-state index in [1.165, 1.54) is 11.1 Å². The van der Waals surface area contributed by atoms with E-state index >= 15 is 0 Å². The van der Waals surface area contributed by atoms with Gasteiger partial charge in [0, 0.05) is 30.3 Å². The number of nitrogens with two attached hydrogens (primary N) is 1. The first-order chi connectivity index (χ1) is 9.30. The van der Waals surface area contributed by atoms with Crippen molar-refractivity contribution in [1.29, 1.82) is 0 Å². The molecule has 1 atom stereocenters. The normalized spacial score (nSPS) is 20.0. The largest absolute Gasteiger partial charge is 0.419 e. The maximum Gasteiger partial charge on any atom is 0.419 e. The molecule has 1 aliphatic heterocycles. The summed E-state index contributed by atoms with van der Waals surface area (Å²) < 4.78 is 39.5. The van der Waals surface area contributed by atoms with Crippen molar-refractivity contribution >= 4 is 27.7 Å². The molecule has 110 valence electrons. The molecule has 1 saturated heterocycles. The first kappa shape index (κ1) is 15.0. The van der Waals surface area contributed by atoms with E-state index in [0.717, 1.165) is 6.07 Å². The van der Waals surface area contributed by atoms with Gasteiger partial charge in [0.2, 0.25) is 5.91 Å². The van der Waals surface area contributed by atoms with Gasteiger partial charge < -0.3 is 16.0 Å². The molecule has 2 rings (SSSR count). The second-order valence-electron chi connectivity index (χ2n) is 4.34. The molecule has 0 spiro atoms. The molecule has 0 aromatic carbocycles. The summed E-state index contributed by atoms with van der Waals surface area (Å²) in [5.41, 5.74) is 4.36. The minimum atomic E-state index is -4.56. The van der Waals surface area contributed by atoms with Crippen LogP contribution in [-0.4, -0.2) is 36.6 Å². The fourth-order valence-corrected chi connectivity index (χ4v) is 2.41. The van der Waals surface area contributed by atoms with E-state index in [9.17, 15) is 18.0 Å². The van der Waals surface area contributed by atoms with Gasteiger partial charge in [0.25, 0.3) is 0 Å². The van der Waals surface area contributed by atoms with Gasteiger partial charge in [0.05, 0.1) is 5.56 Å². The van der Waals surface area contributed by atoms with Gasteiger partial charge in [-0.25, -0.2) is 4.98 Å². The summed E-state index contributed by atoms with van der Waals surface area (Å²) in [6.07, 6.45) is -3.29. The van der Waals surface area contributed by atoms with E-state index in [-0.39, 0.29) is 23.4 Å². The number of primary amides is 1. The SMILES string of the molecule is NC(=O)C1CNCCN1c1ncc(Br)cc1C(F)(F)F. The molecule has 9 heteroatoms. The van der Waals surface area contributed by atoms with Crippen molar-refractivity contribution in [3.05, 3.63) is 22.3 Å². The van der Waals surface area contributed by atoms with E-state index in [0.29, 0.717) is 6.54 Å². The van der Waals surface area contributed by atoms with Crippen LogP contribution >= 0.6 is 15.9 Å². The number of rotatable bonds is 2. The first-order valence-electron chi connectivity index (χ1n) is 5.80. The molecule has 0 radical (unpaired) electrons. The molecule has 1 amide bonds. The average molecular weight is 353 g/mol. The Bertz CT molecular complexity index is 523. The van der Waals surface area contributed by atoms with Gasteiger partial charge in [-0.3, -0.25) is 4.79 Å². The third-order valence-corrected chi connectivity index (χ3v) is 3.42. The molecule has 2 heterocycles. The van der Waals surface area contributed by atoms with Crippen LogP contribution in [0.1, 0.15) is 5.56 Å². The summed E-state index contributed by atoms with van der Waals surface area (Å²) >= 11 is 2.97. The number of aromatic nitrogens is 1. The molecule has 5 nitrogen and oxygen atoms in total. The summed E-state index contributed by atoms with van der Waals surface area (Å²) in [6, 6.07) is 0.0983. The van der Waals surface area contributed by atoms with E-state index in [4.69, 9.17) is 5.73 Å². The topological polar surface area (TPSA) is 71.2 Å². The average Bonchev–Trinajstić information content (AvgIpc) is 2.37. The van der Waals surface area contributed by atoms with Gasteiger partial charge >= 0.3 is 6.18 Å². The van der Waals surface area contributed by atoms with Crippen LogP contribution in [0.15, 0.2) is 16.7 Å². The van der Waals surface area contributed by atoms with Crippen molar-refractivity contribution in [3.63, 3.8) is 0 Å². The molecule has 20 heavy (non-hydrogen) atoms. The number of alkyl halides is 3. The van der Waals surface area contributed by atoms with Crippen LogP contribution in [0, 0.1) is 0 Å². The summed E-state index contributed by atoms with van der Waals surface area (Å²) in [5.74, 6) is -0.957. The van der Waals surface area contributed by atoms with E-state index in [1.807, 2.05) is 0 Å². The Hall–Kier alpha value is -1.35. The lowest BCUT2D eigenvalue weighted by atomic mass is 10.1. The third-order valence-electron chi connectivity index (χ3n) is 2.98. The summed E-state index contributed by atoms with van der Waals surface area (Å²) in [6.45, 7) is 0.883. The van der Waals surface area contributed by atoms with Gasteiger partial charge in [0.1, 0.15) is 11.9 Å². The second kappa shape index (κ2) is 5.57. The highest BCUT2D eigenvalue weighted by Gasteiger charge is 2.39. The van der Waals surface area contributed by atoms with Gasteiger partial charge in [0.15, 0.2) is 0 Å². The number of nitrogens with one attached hydrogen (secondary N) is 1. The smallest absolute Gasteiger partial charge is 0.368 e. The van der Waals surface area contributed by atoms with Crippen LogP contribution in [0.5, 0.6) is 0 Å². The number of pyridine rings is 1. The Morgan fingerprint density at radius 2 is 2.25 bits per heavy atom. The van der Waals surface area contributed by atoms with Crippen molar-refractivity contribution < 1.29 is 18.0 Å². The van der Waals surface area contributed by atoms with Crippen molar-refractivity contribution in [2.45, 2.75) is 12.2 Å². The van der Waals surface area contributed by atoms with Crippen LogP contribution in [0.3, 0.4) is 0 Å². The third kappa shape index (κ3) is 3.04. The van der Waals surface area contributed by atoms with Crippen LogP contribution in [0.2, 0.25) is 0 Å². The Morgan fingerprint density at radius 3 is 2.85 bits per heavy atom. The maximum absolute atomic E-state index is 13.1. The minimum Gasteiger partial charge on any atom is -0.368 e. The number of piperazine rings is 1. The highest BCUT2D eigenvalue weighted by molar-refractivity contribution is 9.10. The van der Waals surface area contributed by atoms with Crippen LogP contribution in [0.4, 0.5) is 19.0 Å². The van der Waals surface area contributed by atoms with E-state index in [1.54, 1.807) is 0 Å². The molecule has 0 aliphatic carbocycles. The van der Waals surface area contributed by atoms with Crippen molar-refractivity contribution in [2.24, 2.45) is 5.73 Å². The predicted octanol–water partition coefficient (Wildman–Crippen LogP) is 1.13. The number of carbonyl (C=O) groups is 1. The van der Waals surface area contributed by atoms with Crippen LogP contribution < -0.4 is 16.0 Å². The highest BCUT2D eigenvalue weighted by Crippen LogP contribution is 2.37. The fraction of sp³-hybridized carbons (Fsp3) is 0.455. The molecule has 1 unspecified atom stereocenters. The molecule has 1 fully saturated rings. The fourth-order valence-electron chi connectivity index (χ4n) is 2.08. The quantitative estimate of drug-likeness (QED) is 0.836. The molecular weight excluding hydrogens is 341 g/mol. The minimum absolute atomic E-state index is 0.199. The lowest BCUT2D eigenvalue weighted by Gasteiger charge is -2.36. The number of hydrogen-bond donors (Lipinski definition) is 2. The lowest BCUT2D eigenvalue weighted by molar-refractivity contribution is -0.137. The second-order valence-corrected chi connectivity index (χ2v) is 5.25. The van der Waals surface area contributed by atoms with Crippen molar-refractivity contribution in [2.75, 3.05) is 24.5 Å². The van der Waals surface area contributed by atoms with Crippen molar-refractivity contribution in [3.8, 4) is 0 Å². The number of anilines is 1. The number of hydrogen-bond acceptors (Lipinski definition) is 4. The molecule has 1 aromatic rings. The zero-order valence-electron chi connectivity index (χ0n) is 10.2. The van der Waals surface area contributed by atoms with Gasteiger partial charge in [-0.2, -0.15) is 13.2 Å². The molecule has 3 N–H and O–H groups in total. The van der Waals surface area contributed by atoms with E-state index < -0.39 is 23.7 Å². The Kier molecular flexibility index (Phi) is 4.19. The zero-order valence-corrected chi connectivity index (χ0v) is 11.8. The van der Waals surface area contributed by atoms with Crippen molar-refractivity contribution in [1.82, 2.24) is 10.3 Å². The maximum atomic E-state index is 13.1. The number of nitrogens with zero attached hydrogens (tertiary/aromatic N) is 2. The number of halogens is 4. The summed E-state index contributed by atoms with van der Waals surface area (Å²) in [5, 5.41) is 2.92. The van der Waals surface area contributed by atoms with Crippen LogP contribution in [-0.2, 0) is 11.0 Å².